The van der Waals surface area contributed by atoms with Crippen LogP contribution in [0, 0.1) is 0 Å². The summed E-state index contributed by atoms with van der Waals surface area (Å²) in [5.41, 5.74) is 5.41. The molecule has 0 bridgehead atoms. The van der Waals surface area contributed by atoms with Gasteiger partial charge in [-0.25, -0.2) is 0 Å². The lowest BCUT2D eigenvalue weighted by Gasteiger charge is -2.42. The van der Waals surface area contributed by atoms with Gasteiger partial charge in [-0.1, -0.05) is 13.8 Å². The van der Waals surface area contributed by atoms with Gasteiger partial charge in [0.25, 0.3) is 0 Å². The third-order valence-corrected chi connectivity index (χ3v) is 5.45. The molecule has 0 saturated carbocycles. The SMILES string of the molecule is CC(C)P(=O)(O)OCCOC1C(N)C(OCCO)OC(CO)C1O. The molecule has 1 aliphatic rings. The quantitative estimate of drug-likeness (QED) is 0.223. The zero-order chi connectivity index (χ0) is 18.3. The first-order valence-corrected chi connectivity index (χ1v) is 9.40. The van der Waals surface area contributed by atoms with E-state index in [2.05, 4.69) is 0 Å². The van der Waals surface area contributed by atoms with Gasteiger partial charge in [0.05, 0.1) is 44.7 Å². The molecule has 6 N–H and O–H groups in total. The summed E-state index contributed by atoms with van der Waals surface area (Å²) in [7, 11) is -3.70. The number of ether oxygens (including phenoxy) is 3. The summed E-state index contributed by atoms with van der Waals surface area (Å²) in [6.07, 6.45) is -4.06. The Hall–Kier alpha value is -0.130. The molecule has 24 heavy (non-hydrogen) atoms. The lowest BCUT2D eigenvalue weighted by atomic mass is 9.97. The lowest BCUT2D eigenvalue weighted by molar-refractivity contribution is -0.274. The molecular formula is C13H28NO9P. The second-order valence-corrected chi connectivity index (χ2v) is 8.13. The van der Waals surface area contributed by atoms with Gasteiger partial charge in [-0.05, 0) is 0 Å². The standard InChI is InChI=1S/C13H28NO9P/c1-8(2)24(18,19)22-6-5-20-12-10(14)13(21-4-3-15)23-9(7-16)11(12)17/h8-13,15-17H,3-7,14H2,1-2H3,(H,18,19). The molecule has 0 amide bonds. The average Bonchev–Trinajstić information content (AvgIpc) is 2.53. The van der Waals surface area contributed by atoms with Crippen molar-refractivity contribution in [2.45, 2.75) is 50.2 Å². The molecule has 6 atom stereocenters. The molecule has 1 aliphatic heterocycles. The highest BCUT2D eigenvalue weighted by atomic mass is 31.2. The molecular weight excluding hydrogens is 345 g/mol. The van der Waals surface area contributed by atoms with Crippen molar-refractivity contribution >= 4 is 7.60 Å². The molecule has 1 rings (SSSR count). The molecule has 144 valence electrons. The molecule has 0 aromatic heterocycles. The maximum absolute atomic E-state index is 11.7. The monoisotopic (exact) mass is 373 g/mol. The van der Waals surface area contributed by atoms with E-state index in [1.54, 1.807) is 13.8 Å². The van der Waals surface area contributed by atoms with Crippen molar-refractivity contribution in [1.29, 1.82) is 0 Å². The highest BCUT2D eigenvalue weighted by molar-refractivity contribution is 7.53. The maximum Gasteiger partial charge on any atom is 0.330 e. The minimum Gasteiger partial charge on any atom is -0.394 e. The van der Waals surface area contributed by atoms with Crippen LogP contribution in [-0.2, 0) is 23.3 Å². The van der Waals surface area contributed by atoms with Gasteiger partial charge in [-0.3, -0.25) is 4.57 Å². The first-order valence-electron chi connectivity index (χ1n) is 7.75. The van der Waals surface area contributed by atoms with Crippen molar-refractivity contribution in [1.82, 2.24) is 0 Å². The number of nitrogens with two attached hydrogens (primary N) is 1. The largest absolute Gasteiger partial charge is 0.394 e. The minimum atomic E-state index is -3.70. The topological polar surface area (TPSA) is 161 Å². The Bertz CT molecular complexity index is 411. The molecule has 0 spiro atoms. The fraction of sp³-hybridized carbons (Fsp3) is 1.00. The summed E-state index contributed by atoms with van der Waals surface area (Å²) < 4.78 is 32.6. The van der Waals surface area contributed by atoms with Crippen LogP contribution in [-0.4, -0.2) is 89.6 Å². The summed E-state index contributed by atoms with van der Waals surface area (Å²) in [5.74, 6) is 0. The predicted octanol–water partition coefficient (Wildman–Crippen LogP) is -1.60. The average molecular weight is 373 g/mol. The van der Waals surface area contributed by atoms with Crippen LogP contribution in [0.3, 0.4) is 0 Å². The summed E-state index contributed by atoms with van der Waals surface area (Å²) in [6.45, 7) is 2.15. The summed E-state index contributed by atoms with van der Waals surface area (Å²) in [6, 6.07) is -0.875. The number of hydrogen-bond acceptors (Lipinski definition) is 9. The first kappa shape index (κ1) is 21.9. The van der Waals surface area contributed by atoms with E-state index in [0.29, 0.717) is 0 Å². The van der Waals surface area contributed by atoms with Crippen LogP contribution in [0.5, 0.6) is 0 Å². The van der Waals surface area contributed by atoms with Crippen molar-refractivity contribution in [3.8, 4) is 0 Å². The van der Waals surface area contributed by atoms with E-state index < -0.39 is 50.5 Å². The third kappa shape index (κ3) is 5.99. The van der Waals surface area contributed by atoms with E-state index in [0.717, 1.165) is 0 Å². The predicted molar refractivity (Wildman–Crippen MR) is 83.4 cm³/mol. The van der Waals surface area contributed by atoms with Gasteiger partial charge < -0.3 is 44.7 Å². The Morgan fingerprint density at radius 1 is 1.21 bits per heavy atom. The van der Waals surface area contributed by atoms with E-state index in [-0.39, 0.29) is 26.4 Å². The molecule has 1 saturated heterocycles. The summed E-state index contributed by atoms with van der Waals surface area (Å²) >= 11 is 0. The number of aliphatic hydroxyl groups is 3. The van der Waals surface area contributed by atoms with E-state index >= 15 is 0 Å². The van der Waals surface area contributed by atoms with Crippen molar-refractivity contribution in [3.63, 3.8) is 0 Å². The lowest BCUT2D eigenvalue weighted by Crippen LogP contribution is -2.63. The van der Waals surface area contributed by atoms with Gasteiger partial charge in [-0.2, -0.15) is 0 Å². The van der Waals surface area contributed by atoms with Gasteiger partial charge in [0.2, 0.25) is 0 Å². The van der Waals surface area contributed by atoms with Crippen molar-refractivity contribution < 1.29 is 43.5 Å². The van der Waals surface area contributed by atoms with E-state index in [4.69, 9.17) is 29.6 Å². The van der Waals surface area contributed by atoms with E-state index in [1.807, 2.05) is 0 Å². The van der Waals surface area contributed by atoms with Crippen LogP contribution in [0.2, 0.25) is 0 Å². The van der Waals surface area contributed by atoms with Crippen molar-refractivity contribution in [2.24, 2.45) is 5.73 Å². The van der Waals surface area contributed by atoms with Gasteiger partial charge >= 0.3 is 7.60 Å². The van der Waals surface area contributed by atoms with Gasteiger partial charge in [-0.15, -0.1) is 0 Å². The highest BCUT2D eigenvalue weighted by Gasteiger charge is 2.44. The number of rotatable bonds is 10. The molecule has 1 fully saturated rings. The summed E-state index contributed by atoms with van der Waals surface area (Å²) in [4.78, 5) is 9.56. The summed E-state index contributed by atoms with van der Waals surface area (Å²) in [5, 5.41) is 28.2. The second-order valence-electron chi connectivity index (χ2n) is 5.71. The smallest absolute Gasteiger partial charge is 0.330 e. The second kappa shape index (κ2) is 10.1. The molecule has 6 unspecified atom stereocenters. The van der Waals surface area contributed by atoms with Crippen LogP contribution in [0.15, 0.2) is 0 Å². The first-order chi connectivity index (χ1) is 11.2. The third-order valence-electron chi connectivity index (χ3n) is 3.60. The van der Waals surface area contributed by atoms with E-state index in [9.17, 15) is 19.7 Å². The Balaban J connectivity index is 2.57. The van der Waals surface area contributed by atoms with Crippen LogP contribution >= 0.6 is 7.60 Å². The molecule has 10 nitrogen and oxygen atoms in total. The van der Waals surface area contributed by atoms with Crippen LogP contribution in [0.25, 0.3) is 0 Å². The molecule has 11 heteroatoms. The fourth-order valence-corrected chi connectivity index (χ4v) is 2.75. The minimum absolute atomic E-state index is 0.0233. The van der Waals surface area contributed by atoms with E-state index in [1.165, 1.54) is 0 Å². The Labute approximate surface area is 141 Å². The molecule has 1 heterocycles. The number of aliphatic hydroxyl groups excluding tert-OH is 3. The number of hydrogen-bond donors (Lipinski definition) is 5. The Kier molecular flexibility index (Phi) is 9.24. The maximum atomic E-state index is 11.7. The van der Waals surface area contributed by atoms with Crippen LogP contribution in [0.4, 0.5) is 0 Å². The normalized spacial score (nSPS) is 33.6. The van der Waals surface area contributed by atoms with Crippen LogP contribution in [0.1, 0.15) is 13.8 Å². The Morgan fingerprint density at radius 2 is 1.88 bits per heavy atom. The fourth-order valence-electron chi connectivity index (χ4n) is 2.12. The van der Waals surface area contributed by atoms with Gasteiger partial charge in [0.1, 0.15) is 18.3 Å². The van der Waals surface area contributed by atoms with Gasteiger partial charge in [0.15, 0.2) is 6.29 Å². The molecule has 0 aliphatic carbocycles. The Morgan fingerprint density at radius 3 is 2.42 bits per heavy atom. The van der Waals surface area contributed by atoms with Crippen molar-refractivity contribution in [3.05, 3.63) is 0 Å². The molecule has 0 aromatic carbocycles. The highest BCUT2D eigenvalue weighted by Crippen LogP contribution is 2.46. The van der Waals surface area contributed by atoms with Crippen molar-refractivity contribution in [2.75, 3.05) is 33.0 Å². The zero-order valence-corrected chi connectivity index (χ0v) is 14.7. The van der Waals surface area contributed by atoms with Gasteiger partial charge in [0, 0.05) is 0 Å². The molecule has 0 aromatic rings. The molecule has 0 radical (unpaired) electrons. The van der Waals surface area contributed by atoms with Crippen LogP contribution < -0.4 is 5.73 Å². The zero-order valence-electron chi connectivity index (χ0n) is 13.9.